The van der Waals surface area contributed by atoms with Crippen LogP contribution >= 0.6 is 11.3 Å². The number of nitriles is 1. The first-order chi connectivity index (χ1) is 10.9. The topological polar surface area (TPSA) is 87.9 Å². The average molecular weight is 328 g/mol. The van der Waals surface area contributed by atoms with Crippen molar-refractivity contribution < 1.29 is 9.53 Å². The van der Waals surface area contributed by atoms with Crippen molar-refractivity contribution in [1.82, 2.24) is 9.97 Å². The van der Waals surface area contributed by atoms with Gasteiger partial charge >= 0.3 is 6.09 Å². The second kappa shape index (κ2) is 7.03. The van der Waals surface area contributed by atoms with Crippen molar-refractivity contribution in [1.29, 1.82) is 5.26 Å². The Morgan fingerprint density at radius 1 is 1.35 bits per heavy atom. The number of rotatable bonds is 3. The summed E-state index contributed by atoms with van der Waals surface area (Å²) in [6.07, 6.45) is 4.55. The van der Waals surface area contributed by atoms with Gasteiger partial charge in [-0.25, -0.2) is 9.78 Å². The molecule has 23 heavy (non-hydrogen) atoms. The zero-order valence-corrected chi connectivity index (χ0v) is 13.8. The third-order valence-corrected chi connectivity index (χ3v) is 3.25. The number of hydrogen-bond donors (Lipinski definition) is 1. The molecule has 0 fully saturated rings. The summed E-state index contributed by atoms with van der Waals surface area (Å²) in [6, 6.07) is 5.47. The van der Waals surface area contributed by atoms with E-state index in [-0.39, 0.29) is 0 Å². The molecule has 2 rings (SSSR count). The molecule has 118 valence electrons. The van der Waals surface area contributed by atoms with Gasteiger partial charge in [0, 0.05) is 11.6 Å². The number of ether oxygens (including phenoxy) is 1. The molecular weight excluding hydrogens is 312 g/mol. The van der Waals surface area contributed by atoms with Crippen LogP contribution in [0.15, 0.2) is 23.7 Å². The van der Waals surface area contributed by atoms with E-state index in [9.17, 15) is 4.79 Å². The molecule has 0 aliphatic rings. The standard InChI is InChI=1S/C16H16N4O2S/c1-16(2,3)22-15(21)20-14-19-13(10-23-14)7-6-12-5-4-11(8-17)9-18-12/h4-7,9-10H,1-3H3,(H,19,20,21). The van der Waals surface area contributed by atoms with Crippen molar-refractivity contribution in [2.24, 2.45) is 0 Å². The SMILES string of the molecule is CC(C)(C)OC(=O)Nc1nc(C=Cc2ccc(C#N)cn2)cs1. The molecule has 0 aliphatic carbocycles. The van der Waals surface area contributed by atoms with Gasteiger partial charge in [-0.15, -0.1) is 11.3 Å². The Labute approximate surface area is 138 Å². The van der Waals surface area contributed by atoms with Gasteiger partial charge in [-0.3, -0.25) is 10.3 Å². The Morgan fingerprint density at radius 3 is 2.70 bits per heavy atom. The zero-order valence-electron chi connectivity index (χ0n) is 13.0. The summed E-state index contributed by atoms with van der Waals surface area (Å²) >= 11 is 1.31. The molecule has 0 saturated carbocycles. The van der Waals surface area contributed by atoms with Crippen molar-refractivity contribution in [2.75, 3.05) is 5.32 Å². The van der Waals surface area contributed by atoms with E-state index in [1.54, 1.807) is 45.1 Å². The third-order valence-electron chi connectivity index (χ3n) is 2.47. The van der Waals surface area contributed by atoms with Crippen LogP contribution in [0.1, 0.15) is 37.7 Å². The molecule has 0 spiro atoms. The number of hydrogen-bond acceptors (Lipinski definition) is 6. The summed E-state index contributed by atoms with van der Waals surface area (Å²) in [5.74, 6) is 0. The highest BCUT2D eigenvalue weighted by Crippen LogP contribution is 2.18. The minimum Gasteiger partial charge on any atom is -0.444 e. The first kappa shape index (κ1) is 16.6. The fourth-order valence-corrected chi connectivity index (χ4v) is 2.22. The Hall–Kier alpha value is -2.72. The minimum atomic E-state index is -0.550. The lowest BCUT2D eigenvalue weighted by Gasteiger charge is -2.18. The van der Waals surface area contributed by atoms with Crippen molar-refractivity contribution in [3.05, 3.63) is 40.7 Å². The molecule has 0 radical (unpaired) electrons. The fraction of sp³-hybridized carbons (Fsp3) is 0.250. The van der Waals surface area contributed by atoms with Crippen LogP contribution in [-0.4, -0.2) is 21.7 Å². The molecule has 0 aliphatic heterocycles. The van der Waals surface area contributed by atoms with Gasteiger partial charge in [0.05, 0.1) is 17.0 Å². The highest BCUT2D eigenvalue weighted by molar-refractivity contribution is 7.14. The molecule has 1 N–H and O–H groups in total. The number of thiazole rings is 1. The maximum atomic E-state index is 11.7. The Kier molecular flexibility index (Phi) is 5.09. The summed E-state index contributed by atoms with van der Waals surface area (Å²) in [5.41, 5.74) is 1.39. The molecule has 0 atom stereocenters. The Balaban J connectivity index is 1.97. The second-order valence-corrected chi connectivity index (χ2v) is 6.48. The van der Waals surface area contributed by atoms with Crippen LogP contribution in [0.4, 0.5) is 9.93 Å². The van der Waals surface area contributed by atoms with Crippen LogP contribution in [0, 0.1) is 11.3 Å². The summed E-state index contributed by atoms with van der Waals surface area (Å²) in [5, 5.41) is 13.6. The van der Waals surface area contributed by atoms with Crippen LogP contribution in [0.2, 0.25) is 0 Å². The molecule has 0 bridgehead atoms. The predicted molar refractivity (Wildman–Crippen MR) is 89.9 cm³/mol. The second-order valence-electron chi connectivity index (χ2n) is 5.62. The van der Waals surface area contributed by atoms with E-state index in [1.807, 2.05) is 11.4 Å². The highest BCUT2D eigenvalue weighted by atomic mass is 32.1. The van der Waals surface area contributed by atoms with Gasteiger partial charge in [0.15, 0.2) is 5.13 Å². The van der Waals surface area contributed by atoms with Gasteiger partial charge in [0.2, 0.25) is 0 Å². The largest absolute Gasteiger partial charge is 0.444 e. The smallest absolute Gasteiger partial charge is 0.413 e. The molecule has 1 amide bonds. The van der Waals surface area contributed by atoms with Crippen LogP contribution in [-0.2, 0) is 4.74 Å². The first-order valence-corrected chi connectivity index (χ1v) is 7.73. The summed E-state index contributed by atoms with van der Waals surface area (Å²) in [6.45, 7) is 5.40. The predicted octanol–water partition coefficient (Wildman–Crippen LogP) is 3.93. The maximum absolute atomic E-state index is 11.7. The zero-order chi connectivity index (χ0) is 16.9. The van der Waals surface area contributed by atoms with Crippen LogP contribution in [0.5, 0.6) is 0 Å². The van der Waals surface area contributed by atoms with Crippen molar-refractivity contribution >= 4 is 34.7 Å². The average Bonchev–Trinajstić information content (AvgIpc) is 2.91. The van der Waals surface area contributed by atoms with Gasteiger partial charge in [0.1, 0.15) is 11.7 Å². The first-order valence-electron chi connectivity index (χ1n) is 6.85. The number of aromatic nitrogens is 2. The molecule has 2 aromatic heterocycles. The molecule has 2 heterocycles. The molecule has 6 nitrogen and oxygen atoms in total. The summed E-state index contributed by atoms with van der Waals surface area (Å²) < 4.78 is 5.16. The number of pyridine rings is 1. The molecule has 2 aromatic rings. The molecule has 0 unspecified atom stereocenters. The highest BCUT2D eigenvalue weighted by Gasteiger charge is 2.17. The van der Waals surface area contributed by atoms with Crippen molar-refractivity contribution in [3.63, 3.8) is 0 Å². The van der Waals surface area contributed by atoms with E-state index in [0.717, 1.165) is 5.69 Å². The number of amides is 1. The molecule has 0 saturated heterocycles. The minimum absolute atomic E-state index is 0.465. The maximum Gasteiger partial charge on any atom is 0.413 e. The Bertz CT molecular complexity index is 752. The normalized spacial score (nSPS) is 11.2. The van der Waals surface area contributed by atoms with E-state index in [2.05, 4.69) is 15.3 Å². The van der Waals surface area contributed by atoms with Gasteiger partial charge in [-0.2, -0.15) is 5.26 Å². The van der Waals surface area contributed by atoms with E-state index in [0.29, 0.717) is 16.4 Å². The van der Waals surface area contributed by atoms with Gasteiger partial charge < -0.3 is 4.74 Å². The van der Waals surface area contributed by atoms with Crippen LogP contribution in [0.3, 0.4) is 0 Å². The van der Waals surface area contributed by atoms with Crippen LogP contribution < -0.4 is 5.32 Å². The van der Waals surface area contributed by atoms with E-state index in [4.69, 9.17) is 10.00 Å². The summed E-state index contributed by atoms with van der Waals surface area (Å²) in [4.78, 5) is 20.1. The number of nitrogens with zero attached hydrogens (tertiary/aromatic N) is 3. The van der Waals surface area contributed by atoms with Crippen molar-refractivity contribution in [3.8, 4) is 6.07 Å². The van der Waals surface area contributed by atoms with Crippen LogP contribution in [0.25, 0.3) is 12.2 Å². The lowest BCUT2D eigenvalue weighted by Crippen LogP contribution is -2.27. The number of carbonyl (C=O) groups is 1. The third kappa shape index (κ3) is 5.52. The quantitative estimate of drug-likeness (QED) is 0.922. The van der Waals surface area contributed by atoms with E-state index < -0.39 is 11.7 Å². The fourth-order valence-electron chi connectivity index (χ4n) is 1.55. The van der Waals surface area contributed by atoms with Gasteiger partial charge in [-0.1, -0.05) is 0 Å². The van der Waals surface area contributed by atoms with E-state index in [1.165, 1.54) is 17.5 Å². The molecular formula is C16H16N4O2S. The molecule has 7 heteroatoms. The molecule has 0 aromatic carbocycles. The van der Waals surface area contributed by atoms with Crippen molar-refractivity contribution in [2.45, 2.75) is 26.4 Å². The number of nitrogens with one attached hydrogen (secondary N) is 1. The number of carbonyl (C=O) groups excluding carboxylic acids is 1. The lowest BCUT2D eigenvalue weighted by atomic mass is 10.2. The lowest BCUT2D eigenvalue weighted by molar-refractivity contribution is 0.0636. The van der Waals surface area contributed by atoms with E-state index >= 15 is 0 Å². The monoisotopic (exact) mass is 328 g/mol. The summed E-state index contributed by atoms with van der Waals surface area (Å²) in [7, 11) is 0. The van der Waals surface area contributed by atoms with Gasteiger partial charge in [0.25, 0.3) is 0 Å². The number of anilines is 1. The van der Waals surface area contributed by atoms with Gasteiger partial charge in [-0.05, 0) is 45.1 Å². The Morgan fingerprint density at radius 2 is 2.09 bits per heavy atom.